The summed E-state index contributed by atoms with van der Waals surface area (Å²) in [6.45, 7) is 3.85. The van der Waals surface area contributed by atoms with Gasteiger partial charge in [0.2, 0.25) is 5.78 Å². The molecule has 0 spiro atoms. The van der Waals surface area contributed by atoms with Crippen LogP contribution in [0.4, 0.5) is 0 Å². The highest BCUT2D eigenvalue weighted by molar-refractivity contribution is 7.89. The highest BCUT2D eigenvalue weighted by atomic mass is 32.2. The van der Waals surface area contributed by atoms with Gasteiger partial charge in [0.05, 0.1) is 24.2 Å². The summed E-state index contributed by atoms with van der Waals surface area (Å²) in [5, 5.41) is 0. The molecule has 0 aliphatic heterocycles. The maximum atomic E-state index is 12.5. The second kappa shape index (κ2) is 9.64. The lowest BCUT2D eigenvalue weighted by molar-refractivity contribution is -0.0258. The molecule has 29 heavy (non-hydrogen) atoms. The van der Waals surface area contributed by atoms with Gasteiger partial charge in [-0.1, -0.05) is 4.47 Å². The van der Waals surface area contributed by atoms with Gasteiger partial charge in [-0.3, -0.25) is 9.63 Å². The summed E-state index contributed by atoms with van der Waals surface area (Å²) in [5.74, 6) is -0.453. The van der Waals surface area contributed by atoms with Crippen LogP contribution in [0.15, 0.2) is 53.4 Å². The van der Waals surface area contributed by atoms with E-state index in [4.69, 9.17) is 14.3 Å². The monoisotopic (exact) mass is 421 g/mol. The molecule has 0 heterocycles. The average Bonchev–Trinajstić information content (AvgIpc) is 2.73. The molecule has 0 fully saturated rings. The van der Waals surface area contributed by atoms with E-state index in [0.717, 1.165) is 0 Å². The Morgan fingerprint density at radius 2 is 1.55 bits per heavy atom. The van der Waals surface area contributed by atoms with Crippen molar-refractivity contribution in [2.45, 2.75) is 24.8 Å². The summed E-state index contributed by atoms with van der Waals surface area (Å²) in [6, 6.07) is 11.7. The second-order valence-corrected chi connectivity index (χ2v) is 7.93. The van der Waals surface area contributed by atoms with E-state index >= 15 is 0 Å². The third-order valence-electron chi connectivity index (χ3n) is 4.09. The molecule has 0 N–H and O–H groups in total. The highest BCUT2D eigenvalue weighted by Crippen LogP contribution is 2.17. The summed E-state index contributed by atoms with van der Waals surface area (Å²) in [5.41, 5.74) is 0.508. The molecular formula is C20H23NO7S. The predicted molar refractivity (Wildman–Crippen MR) is 105 cm³/mol. The molecule has 0 aliphatic rings. The van der Waals surface area contributed by atoms with Crippen molar-refractivity contribution >= 4 is 21.8 Å². The van der Waals surface area contributed by atoms with Crippen LogP contribution in [0, 0.1) is 0 Å². The van der Waals surface area contributed by atoms with E-state index in [1.165, 1.54) is 45.3 Å². The van der Waals surface area contributed by atoms with Gasteiger partial charge in [-0.25, -0.2) is 13.2 Å². The summed E-state index contributed by atoms with van der Waals surface area (Å²) in [7, 11) is -1.33. The number of benzene rings is 2. The highest BCUT2D eigenvalue weighted by Gasteiger charge is 2.23. The third kappa shape index (κ3) is 5.41. The van der Waals surface area contributed by atoms with Crippen LogP contribution in [0.5, 0.6) is 5.75 Å². The molecule has 2 rings (SSSR count). The minimum absolute atomic E-state index is 0.0445. The number of carbonyl (C=O) groups is 2. The van der Waals surface area contributed by atoms with Crippen molar-refractivity contribution in [3.63, 3.8) is 0 Å². The molecule has 156 valence electrons. The first kappa shape index (κ1) is 22.5. The molecule has 2 aromatic carbocycles. The van der Waals surface area contributed by atoms with Crippen molar-refractivity contribution in [3.05, 3.63) is 59.7 Å². The molecule has 9 heteroatoms. The van der Waals surface area contributed by atoms with E-state index in [1.54, 1.807) is 24.3 Å². The van der Waals surface area contributed by atoms with Gasteiger partial charge in [-0.15, -0.1) is 0 Å². The van der Waals surface area contributed by atoms with Gasteiger partial charge in [0.25, 0.3) is 10.0 Å². The Morgan fingerprint density at radius 1 is 1.00 bits per heavy atom. The fourth-order valence-corrected chi connectivity index (χ4v) is 3.38. The fourth-order valence-electron chi connectivity index (χ4n) is 2.41. The van der Waals surface area contributed by atoms with E-state index in [0.29, 0.717) is 22.4 Å². The van der Waals surface area contributed by atoms with Crippen LogP contribution in [0.2, 0.25) is 0 Å². The lowest BCUT2D eigenvalue weighted by Gasteiger charge is -2.15. The smallest absolute Gasteiger partial charge is 0.338 e. The quantitative estimate of drug-likeness (QED) is 0.349. The van der Waals surface area contributed by atoms with Crippen LogP contribution in [-0.2, 0) is 19.6 Å². The number of Topliss-reactive ketones (excluding diaryl/α,β-unsaturated/α-hetero) is 1. The Balaban J connectivity index is 2.06. The number of ether oxygens (including phenoxy) is 2. The van der Waals surface area contributed by atoms with Gasteiger partial charge in [0.15, 0.2) is 6.10 Å². The number of hydrogen-bond acceptors (Lipinski definition) is 7. The first-order chi connectivity index (χ1) is 13.7. The largest absolute Gasteiger partial charge is 0.494 e. The molecule has 0 bridgehead atoms. The number of hydrogen-bond donors (Lipinski definition) is 0. The van der Waals surface area contributed by atoms with Gasteiger partial charge >= 0.3 is 5.97 Å². The van der Waals surface area contributed by atoms with Crippen LogP contribution in [0.25, 0.3) is 0 Å². The van der Waals surface area contributed by atoms with Crippen LogP contribution >= 0.6 is 0 Å². The van der Waals surface area contributed by atoms with Crippen molar-refractivity contribution in [2.24, 2.45) is 0 Å². The van der Waals surface area contributed by atoms with Crippen LogP contribution in [-0.4, -0.2) is 51.5 Å². The van der Waals surface area contributed by atoms with Crippen LogP contribution < -0.4 is 4.74 Å². The van der Waals surface area contributed by atoms with Gasteiger partial charge in [-0.2, -0.15) is 0 Å². The fraction of sp³-hybridized carbons (Fsp3) is 0.300. The molecule has 0 amide bonds. The summed E-state index contributed by atoms with van der Waals surface area (Å²) < 4.78 is 35.6. The van der Waals surface area contributed by atoms with E-state index < -0.39 is 22.1 Å². The van der Waals surface area contributed by atoms with Crippen molar-refractivity contribution in [2.75, 3.05) is 20.8 Å². The molecular weight excluding hydrogens is 398 g/mol. The maximum Gasteiger partial charge on any atom is 0.338 e. The van der Waals surface area contributed by atoms with Gasteiger partial charge in [0, 0.05) is 12.6 Å². The predicted octanol–water partition coefficient (Wildman–Crippen LogP) is 2.70. The first-order valence-electron chi connectivity index (χ1n) is 8.81. The molecule has 0 saturated carbocycles. The second-order valence-electron chi connectivity index (χ2n) is 5.99. The number of hydroxylamine groups is 1. The van der Waals surface area contributed by atoms with Crippen molar-refractivity contribution in [1.82, 2.24) is 4.47 Å². The third-order valence-corrected chi connectivity index (χ3v) is 5.78. The molecule has 2 aromatic rings. The Morgan fingerprint density at radius 3 is 2.07 bits per heavy atom. The molecule has 0 radical (unpaired) electrons. The topological polar surface area (TPSA) is 99.2 Å². The van der Waals surface area contributed by atoms with Gasteiger partial charge in [0.1, 0.15) is 5.75 Å². The van der Waals surface area contributed by atoms with Crippen LogP contribution in [0.3, 0.4) is 0 Å². The normalized spacial score (nSPS) is 12.4. The standard InChI is InChI=1S/C20H23NO7S/c1-5-27-17-10-6-15(7-11-17)19(22)14(2)28-20(23)16-8-12-18(13-9-16)29(24,25)21(3)26-4/h6-14H,5H2,1-4H3/t14-/m0/s1. The zero-order chi connectivity index (χ0) is 21.6. The van der Waals surface area contributed by atoms with Crippen LogP contribution in [0.1, 0.15) is 34.6 Å². The summed E-state index contributed by atoms with van der Waals surface area (Å²) in [6.07, 6.45) is -1.01. The Bertz CT molecular complexity index is 953. The number of carbonyl (C=O) groups excluding carboxylic acids is 2. The minimum atomic E-state index is -3.82. The molecule has 0 aromatic heterocycles. The Kier molecular flexibility index (Phi) is 7.49. The van der Waals surface area contributed by atoms with Gasteiger partial charge in [-0.05, 0) is 62.4 Å². The van der Waals surface area contributed by atoms with Crippen molar-refractivity contribution < 1.29 is 32.3 Å². The van der Waals surface area contributed by atoms with E-state index in [1.807, 2.05) is 6.92 Å². The number of esters is 1. The average molecular weight is 421 g/mol. The van der Waals surface area contributed by atoms with E-state index in [-0.39, 0.29) is 16.2 Å². The minimum Gasteiger partial charge on any atom is -0.494 e. The molecule has 8 nitrogen and oxygen atoms in total. The first-order valence-corrected chi connectivity index (χ1v) is 10.3. The summed E-state index contributed by atoms with van der Waals surface area (Å²) in [4.78, 5) is 29.4. The van der Waals surface area contributed by atoms with E-state index in [9.17, 15) is 18.0 Å². The lowest BCUT2D eigenvalue weighted by Crippen LogP contribution is -2.26. The Hall–Kier alpha value is -2.75. The molecule has 0 unspecified atom stereocenters. The van der Waals surface area contributed by atoms with Crippen molar-refractivity contribution in [3.8, 4) is 5.75 Å². The number of sulfonamides is 1. The maximum absolute atomic E-state index is 12.5. The lowest BCUT2D eigenvalue weighted by atomic mass is 10.1. The number of nitrogens with zero attached hydrogens (tertiary/aromatic N) is 1. The van der Waals surface area contributed by atoms with Crippen molar-refractivity contribution in [1.29, 1.82) is 0 Å². The number of rotatable bonds is 9. The molecule has 1 atom stereocenters. The van der Waals surface area contributed by atoms with Gasteiger partial charge < -0.3 is 9.47 Å². The Labute approximate surface area is 170 Å². The zero-order valence-corrected chi connectivity index (χ0v) is 17.4. The zero-order valence-electron chi connectivity index (χ0n) is 16.6. The molecule has 0 saturated heterocycles. The summed E-state index contributed by atoms with van der Waals surface area (Å²) >= 11 is 0. The number of ketones is 1. The van der Waals surface area contributed by atoms with E-state index in [2.05, 4.69) is 0 Å². The molecule has 0 aliphatic carbocycles. The SMILES string of the molecule is CCOc1ccc(C(=O)[C@H](C)OC(=O)c2ccc(S(=O)(=O)N(C)OC)cc2)cc1.